The monoisotopic (exact) mass is 1060 g/mol. The molecule has 26 nitrogen and oxygen atoms in total. The molecule has 1 fully saturated rings. The molecule has 0 spiro atoms. The number of nitro groups is 2. The Morgan fingerprint density at radius 1 is 0.865 bits per heavy atom. The number of aliphatic hydroxyl groups excluding tert-OH is 3. The molecule has 2 aromatic carbocycles. The Bertz CT molecular complexity index is 2290. The summed E-state index contributed by atoms with van der Waals surface area (Å²) in [5, 5.41) is 79.9. The third-order valence-electron chi connectivity index (χ3n) is 11.3. The zero-order chi connectivity index (χ0) is 55.0. The van der Waals surface area contributed by atoms with Crippen LogP contribution in [0.15, 0.2) is 60.4 Å². The van der Waals surface area contributed by atoms with Gasteiger partial charge in [-0.05, 0) is 81.5 Å². The number of hydrogen-bond donors (Lipinski definition) is 9. The van der Waals surface area contributed by atoms with Gasteiger partial charge in [0, 0.05) is 43.7 Å². The third-order valence-corrected chi connectivity index (χ3v) is 11.3. The highest BCUT2D eigenvalue weighted by Gasteiger charge is 2.58. The number of carbonyl (C=O) groups is 5. The Morgan fingerprint density at radius 3 is 1.95 bits per heavy atom. The smallest absolute Gasteiger partial charge is 0.471 e. The van der Waals surface area contributed by atoms with Crippen LogP contribution in [0, 0.1) is 20.2 Å². The van der Waals surface area contributed by atoms with E-state index >= 15 is 0 Å². The van der Waals surface area contributed by atoms with Crippen LogP contribution < -0.4 is 26.6 Å². The van der Waals surface area contributed by atoms with Gasteiger partial charge in [0.1, 0.15) is 54.6 Å². The highest BCUT2D eigenvalue weighted by molar-refractivity contribution is 5.81. The molecule has 2 aromatic rings. The highest BCUT2D eigenvalue weighted by Crippen LogP contribution is 2.39. The number of hydrogen-bond acceptors (Lipinski definition) is 19. The van der Waals surface area contributed by atoms with Crippen LogP contribution in [-0.2, 0) is 51.2 Å². The lowest BCUT2D eigenvalue weighted by Gasteiger charge is -2.52. The van der Waals surface area contributed by atoms with Crippen molar-refractivity contribution in [1.29, 1.82) is 0 Å². The molecular weight excluding hydrogens is 1000 g/mol. The van der Waals surface area contributed by atoms with E-state index in [9.17, 15) is 77.8 Å². The van der Waals surface area contributed by atoms with Crippen molar-refractivity contribution < 1.29 is 95.8 Å². The van der Waals surface area contributed by atoms with Gasteiger partial charge < -0.3 is 75.4 Å². The van der Waals surface area contributed by atoms with Crippen molar-refractivity contribution in [3.8, 4) is 0 Å². The second kappa shape index (κ2) is 26.9. The largest absolute Gasteiger partial charge is 0.491 e. The first-order chi connectivity index (χ1) is 34.7. The number of nitro benzene ring substituents is 2. The first-order valence-corrected chi connectivity index (χ1v) is 23.0. The van der Waals surface area contributed by atoms with E-state index in [4.69, 9.17) is 28.4 Å². The molecule has 1 heterocycles. The van der Waals surface area contributed by atoms with Crippen molar-refractivity contribution >= 4 is 41.5 Å². The lowest BCUT2D eigenvalue weighted by Crippen LogP contribution is -2.73. The number of rotatable bonds is 23. The molecule has 1 saturated carbocycles. The first kappa shape index (κ1) is 59.6. The molecule has 74 heavy (non-hydrogen) atoms. The Labute approximate surface area is 420 Å². The van der Waals surface area contributed by atoms with E-state index in [0.717, 1.165) is 12.1 Å². The summed E-state index contributed by atoms with van der Waals surface area (Å²) < 4.78 is 73.2. The first-order valence-electron chi connectivity index (χ1n) is 23.0. The Kier molecular flexibility index (Phi) is 21.6. The quantitative estimate of drug-likeness (QED) is 0.0334. The number of benzene rings is 2. The molecule has 0 aromatic heterocycles. The summed E-state index contributed by atoms with van der Waals surface area (Å²) in [6.45, 7) is 3.32. The molecule has 0 bridgehead atoms. The van der Waals surface area contributed by atoms with E-state index in [1.807, 2.05) is 0 Å². The van der Waals surface area contributed by atoms with E-state index < -0.39 is 158 Å². The molecule has 29 heteroatoms. The molecule has 9 N–H and O–H groups in total. The molecule has 0 radical (unpaired) electrons. The SMILES string of the molecule is CC[C@@H](O)[C@H](OCCO)O[C@@H]1[C@@H](O)C(O)(C[C@H]2OC(CNC(=O)C(F)(F)F)=CC[C@H]2NC(=O)OCc2ccc([N+](=O)[O-])cc2)[C@@H](NC(=O)OCc2ccc([N+](=O)[O-])cc2)C[C@H]1NC(=O)CCNC(=O)OC(C)(C)C. The van der Waals surface area contributed by atoms with E-state index in [2.05, 4.69) is 21.3 Å². The maximum absolute atomic E-state index is 13.7. The van der Waals surface area contributed by atoms with Crippen molar-refractivity contribution in [2.24, 2.45) is 0 Å². The molecular formula is C45H60F3N7O19. The number of aliphatic hydroxyl groups is 4. The fourth-order valence-corrected chi connectivity index (χ4v) is 7.57. The van der Waals surface area contributed by atoms with Crippen LogP contribution in [0.2, 0.25) is 0 Å². The summed E-state index contributed by atoms with van der Waals surface area (Å²) in [6.07, 6.45) is -18.4. The normalized spacial score (nSPS) is 22.6. The van der Waals surface area contributed by atoms with Crippen LogP contribution in [0.5, 0.6) is 0 Å². The van der Waals surface area contributed by atoms with E-state index in [1.165, 1.54) is 49.4 Å². The Balaban J connectivity index is 1.74. The summed E-state index contributed by atoms with van der Waals surface area (Å²) in [5.41, 5.74) is -3.56. The van der Waals surface area contributed by atoms with Gasteiger partial charge in [-0.25, -0.2) is 14.4 Å². The summed E-state index contributed by atoms with van der Waals surface area (Å²) >= 11 is 0. The summed E-state index contributed by atoms with van der Waals surface area (Å²) in [7, 11) is 0. The molecule has 1 unspecified atom stereocenters. The van der Waals surface area contributed by atoms with Crippen LogP contribution in [0.25, 0.3) is 0 Å². The number of carbonyl (C=O) groups excluding carboxylic acids is 5. The topological polar surface area (TPSA) is 368 Å². The summed E-state index contributed by atoms with van der Waals surface area (Å²) in [5.74, 6) is -3.44. The fraction of sp³-hybridized carbons (Fsp3) is 0.578. The average Bonchev–Trinajstić information content (AvgIpc) is 3.33. The lowest BCUT2D eigenvalue weighted by atomic mass is 9.70. The molecule has 410 valence electrons. The fourth-order valence-electron chi connectivity index (χ4n) is 7.57. The highest BCUT2D eigenvalue weighted by atomic mass is 19.4. The van der Waals surface area contributed by atoms with Crippen molar-refractivity contribution in [3.63, 3.8) is 0 Å². The molecule has 2 aliphatic rings. The number of nitrogens with zero attached hydrogens (tertiary/aromatic N) is 2. The van der Waals surface area contributed by atoms with Crippen molar-refractivity contribution in [2.75, 3.05) is 26.3 Å². The second-order valence-electron chi connectivity index (χ2n) is 18.0. The van der Waals surface area contributed by atoms with Gasteiger partial charge in [-0.1, -0.05) is 6.92 Å². The minimum absolute atomic E-state index is 0.0368. The van der Waals surface area contributed by atoms with Crippen LogP contribution >= 0.6 is 0 Å². The molecule has 1 aliphatic heterocycles. The number of halogens is 3. The van der Waals surface area contributed by atoms with E-state index in [0.29, 0.717) is 5.56 Å². The van der Waals surface area contributed by atoms with Crippen LogP contribution in [0.4, 0.5) is 38.9 Å². The van der Waals surface area contributed by atoms with E-state index in [1.54, 1.807) is 26.1 Å². The van der Waals surface area contributed by atoms with Crippen LogP contribution in [-0.4, -0.2) is 153 Å². The molecule has 9 atom stereocenters. The zero-order valence-corrected chi connectivity index (χ0v) is 40.5. The number of alkyl halides is 3. The second-order valence-corrected chi connectivity index (χ2v) is 18.0. The van der Waals surface area contributed by atoms with Gasteiger partial charge in [-0.2, -0.15) is 13.2 Å². The van der Waals surface area contributed by atoms with Crippen molar-refractivity contribution in [1.82, 2.24) is 26.6 Å². The lowest BCUT2D eigenvalue weighted by molar-refractivity contribution is -0.385. The van der Waals surface area contributed by atoms with Gasteiger partial charge in [0.2, 0.25) is 5.91 Å². The van der Waals surface area contributed by atoms with Gasteiger partial charge in [-0.3, -0.25) is 29.8 Å². The minimum Gasteiger partial charge on any atom is -0.491 e. The number of amides is 5. The van der Waals surface area contributed by atoms with Crippen molar-refractivity contribution in [2.45, 2.75) is 139 Å². The van der Waals surface area contributed by atoms with Gasteiger partial charge in [0.25, 0.3) is 11.4 Å². The predicted molar refractivity (Wildman–Crippen MR) is 246 cm³/mol. The number of alkyl carbamates (subject to hydrolysis) is 3. The van der Waals surface area contributed by atoms with Crippen molar-refractivity contribution in [3.05, 3.63) is 91.7 Å². The van der Waals surface area contributed by atoms with Gasteiger partial charge in [-0.15, -0.1) is 0 Å². The standard InChI is InChI=1S/C45H60F3N7O19/c1-5-32(57)38(69-19-18-56)73-36-31(51-35(58)16-17-49-40(61)74-43(2,3)4)20-34(53-42(63)71-24-26-8-12-28(13-9-26)55(67)68)44(64,37(36)59)21-33-30(15-14-29(72-33)22-50-39(60)45(46,47)48)52-41(62)70-23-25-6-10-27(11-7-25)54(65)66/h6-14,30-34,36-38,56-57,59,64H,5,15-24H2,1-4H3,(H,49,61)(H,50,60)(H,51,58)(H,52,62)(H,53,63)/t30-,31-,32-,33-,34+,36+,37-,38-,44?/m1/s1. The number of nitrogens with one attached hydrogen (secondary N) is 5. The molecule has 4 rings (SSSR count). The molecule has 1 aliphatic carbocycles. The Morgan fingerprint density at radius 2 is 1.43 bits per heavy atom. The van der Waals surface area contributed by atoms with Crippen LogP contribution in [0.1, 0.15) is 70.9 Å². The Hall–Kier alpha value is -6.92. The van der Waals surface area contributed by atoms with Crippen LogP contribution in [0.3, 0.4) is 0 Å². The maximum atomic E-state index is 13.7. The predicted octanol–water partition coefficient (Wildman–Crippen LogP) is 2.52. The average molecular weight is 1060 g/mol. The van der Waals surface area contributed by atoms with E-state index in [-0.39, 0.29) is 42.1 Å². The molecule has 5 amide bonds. The maximum Gasteiger partial charge on any atom is 0.471 e. The summed E-state index contributed by atoms with van der Waals surface area (Å²) in [6, 6.07) is 5.39. The van der Waals surface area contributed by atoms with Gasteiger partial charge in [0.05, 0.1) is 47.7 Å². The minimum atomic E-state index is -5.31. The summed E-state index contributed by atoms with van der Waals surface area (Å²) in [4.78, 5) is 85.6. The van der Waals surface area contributed by atoms with Gasteiger partial charge >= 0.3 is 30.4 Å². The number of non-ortho nitro benzene ring substituents is 2. The third kappa shape index (κ3) is 18.2. The number of ether oxygens (including phenoxy) is 6. The zero-order valence-electron chi connectivity index (χ0n) is 40.5. The van der Waals surface area contributed by atoms with Gasteiger partial charge in [0.15, 0.2) is 6.29 Å². The molecule has 0 saturated heterocycles.